The third kappa shape index (κ3) is 4.39. The van der Waals surface area contributed by atoms with Gasteiger partial charge in [0.25, 0.3) is 5.91 Å². The number of ether oxygens (including phenoxy) is 2. The fraction of sp³-hybridized carbons (Fsp3) is 0.158. The van der Waals surface area contributed by atoms with Crippen molar-refractivity contribution in [2.24, 2.45) is 4.99 Å². The minimum atomic E-state index is -0.190. The lowest BCUT2D eigenvalue weighted by molar-refractivity contribution is -0.115. The first-order chi connectivity index (χ1) is 12.6. The highest BCUT2D eigenvalue weighted by Crippen LogP contribution is 2.32. The molecule has 0 aromatic heterocycles. The Morgan fingerprint density at radius 2 is 2.08 bits per heavy atom. The maximum atomic E-state index is 12.2. The highest BCUT2D eigenvalue weighted by Gasteiger charge is 2.24. The molecule has 0 bridgehead atoms. The highest BCUT2D eigenvalue weighted by molar-refractivity contribution is 8.18. The van der Waals surface area contributed by atoms with E-state index in [1.807, 2.05) is 37.3 Å². The minimum Gasteiger partial charge on any atom is -0.493 e. The average molecular weight is 389 g/mol. The molecule has 1 amide bonds. The first-order valence-electron chi connectivity index (χ1n) is 7.95. The lowest BCUT2D eigenvalue weighted by Gasteiger charge is -2.09. The molecule has 3 rings (SSSR count). The fourth-order valence-electron chi connectivity index (χ4n) is 2.35. The zero-order chi connectivity index (χ0) is 18.5. The summed E-state index contributed by atoms with van der Waals surface area (Å²) >= 11 is 7.24. The number of halogens is 1. The molecule has 1 heterocycles. The summed E-state index contributed by atoms with van der Waals surface area (Å²) in [6.45, 7) is 2.44. The van der Waals surface area contributed by atoms with Crippen LogP contribution >= 0.6 is 23.4 Å². The van der Waals surface area contributed by atoms with E-state index in [1.54, 1.807) is 25.3 Å². The van der Waals surface area contributed by atoms with Crippen LogP contribution in [-0.4, -0.2) is 24.8 Å². The van der Waals surface area contributed by atoms with Gasteiger partial charge in [-0.1, -0.05) is 23.7 Å². The van der Waals surface area contributed by atoms with Crippen molar-refractivity contribution in [2.45, 2.75) is 6.92 Å². The van der Waals surface area contributed by atoms with Crippen LogP contribution < -0.4 is 14.8 Å². The number of amides is 1. The van der Waals surface area contributed by atoms with Crippen molar-refractivity contribution in [1.82, 2.24) is 5.32 Å². The zero-order valence-corrected chi connectivity index (χ0v) is 15.9. The van der Waals surface area contributed by atoms with E-state index in [2.05, 4.69) is 10.3 Å². The fourth-order valence-corrected chi connectivity index (χ4v) is 3.37. The monoisotopic (exact) mass is 388 g/mol. The third-order valence-corrected chi connectivity index (χ3v) is 4.62. The van der Waals surface area contributed by atoms with Gasteiger partial charge in [0.2, 0.25) is 0 Å². The number of benzene rings is 2. The number of methoxy groups -OCH3 is 1. The van der Waals surface area contributed by atoms with E-state index in [4.69, 9.17) is 21.1 Å². The molecule has 26 heavy (non-hydrogen) atoms. The van der Waals surface area contributed by atoms with Crippen LogP contribution in [0.1, 0.15) is 12.5 Å². The molecule has 0 radical (unpaired) electrons. The van der Waals surface area contributed by atoms with Crippen LogP contribution in [0.5, 0.6) is 11.5 Å². The number of carbonyl (C=O) groups is 1. The predicted octanol–water partition coefficient (Wildman–Crippen LogP) is 4.64. The number of aliphatic imine (C=N–C) groups is 1. The number of hydrogen-bond acceptors (Lipinski definition) is 5. The average Bonchev–Trinajstić information content (AvgIpc) is 2.94. The Bertz CT molecular complexity index is 896. The maximum Gasteiger partial charge on any atom is 0.264 e. The van der Waals surface area contributed by atoms with Gasteiger partial charge >= 0.3 is 0 Å². The van der Waals surface area contributed by atoms with Crippen LogP contribution in [0.15, 0.2) is 52.4 Å². The van der Waals surface area contributed by atoms with E-state index in [9.17, 15) is 4.79 Å². The number of hydrogen-bond donors (Lipinski definition) is 1. The van der Waals surface area contributed by atoms with E-state index < -0.39 is 0 Å². The van der Waals surface area contributed by atoms with Crippen molar-refractivity contribution in [3.63, 3.8) is 0 Å². The second-order valence-electron chi connectivity index (χ2n) is 5.30. The van der Waals surface area contributed by atoms with Gasteiger partial charge in [-0.2, -0.15) is 0 Å². The maximum absolute atomic E-state index is 12.2. The smallest absolute Gasteiger partial charge is 0.264 e. The Labute approximate surface area is 161 Å². The Balaban J connectivity index is 1.83. The predicted molar refractivity (Wildman–Crippen MR) is 106 cm³/mol. The number of amidine groups is 1. The normalized spacial score (nSPS) is 16.8. The molecule has 1 aliphatic heterocycles. The molecular weight excluding hydrogens is 372 g/mol. The largest absolute Gasteiger partial charge is 0.493 e. The van der Waals surface area contributed by atoms with E-state index in [0.29, 0.717) is 38.9 Å². The van der Waals surface area contributed by atoms with Crippen LogP contribution in [0.2, 0.25) is 5.02 Å². The minimum absolute atomic E-state index is 0.190. The van der Waals surface area contributed by atoms with Crippen molar-refractivity contribution < 1.29 is 14.3 Å². The summed E-state index contributed by atoms with van der Waals surface area (Å²) in [6.07, 6.45) is 1.79. The molecule has 1 aliphatic rings. The molecule has 1 fully saturated rings. The molecule has 1 saturated heterocycles. The van der Waals surface area contributed by atoms with Gasteiger partial charge in [-0.3, -0.25) is 4.79 Å². The summed E-state index contributed by atoms with van der Waals surface area (Å²) in [4.78, 5) is 17.2. The molecule has 0 saturated carbocycles. The quantitative estimate of drug-likeness (QED) is 0.758. The molecule has 134 valence electrons. The Kier molecular flexibility index (Phi) is 5.85. The standard InChI is InChI=1S/C19H17ClN2O3S/c1-3-25-16-9-12(7-8-15(16)24-2)10-17-18(23)22-19(26-17)21-14-6-4-5-13(20)11-14/h4-11H,3H2,1-2H3,(H,21,22,23)/b17-10+. The molecule has 0 unspecified atom stereocenters. The SMILES string of the molecule is CCOc1cc(/C=C2/SC(=Nc3cccc(Cl)c3)NC2=O)ccc1OC. The summed E-state index contributed by atoms with van der Waals surface area (Å²) in [5.74, 6) is 1.10. The van der Waals surface area contributed by atoms with Crippen molar-refractivity contribution >= 4 is 46.2 Å². The van der Waals surface area contributed by atoms with E-state index in [-0.39, 0.29) is 5.91 Å². The van der Waals surface area contributed by atoms with Crippen LogP contribution in [0.3, 0.4) is 0 Å². The Hall–Kier alpha value is -2.44. The van der Waals surface area contributed by atoms with Crippen molar-refractivity contribution in [1.29, 1.82) is 0 Å². The number of thioether (sulfide) groups is 1. The topological polar surface area (TPSA) is 59.9 Å². The van der Waals surface area contributed by atoms with Gasteiger partial charge in [0, 0.05) is 5.02 Å². The van der Waals surface area contributed by atoms with E-state index in [1.165, 1.54) is 11.8 Å². The van der Waals surface area contributed by atoms with Crippen molar-refractivity contribution in [2.75, 3.05) is 13.7 Å². The highest BCUT2D eigenvalue weighted by atomic mass is 35.5. The first-order valence-corrected chi connectivity index (χ1v) is 9.14. The second kappa shape index (κ2) is 8.29. The summed E-state index contributed by atoms with van der Waals surface area (Å²) in [5.41, 5.74) is 1.53. The summed E-state index contributed by atoms with van der Waals surface area (Å²) < 4.78 is 10.9. The Morgan fingerprint density at radius 3 is 2.81 bits per heavy atom. The van der Waals surface area contributed by atoms with Gasteiger partial charge in [0.1, 0.15) is 0 Å². The van der Waals surface area contributed by atoms with Crippen molar-refractivity contribution in [3.8, 4) is 11.5 Å². The van der Waals surface area contributed by atoms with Gasteiger partial charge in [-0.15, -0.1) is 0 Å². The number of carbonyl (C=O) groups excluding carboxylic acids is 1. The molecular formula is C19H17ClN2O3S. The van der Waals surface area contributed by atoms with Crippen LogP contribution in [-0.2, 0) is 4.79 Å². The molecule has 1 N–H and O–H groups in total. The van der Waals surface area contributed by atoms with Crippen LogP contribution in [0.25, 0.3) is 6.08 Å². The molecule has 7 heteroatoms. The van der Waals surface area contributed by atoms with E-state index in [0.717, 1.165) is 5.56 Å². The second-order valence-corrected chi connectivity index (χ2v) is 6.77. The lowest BCUT2D eigenvalue weighted by Crippen LogP contribution is -2.19. The third-order valence-electron chi connectivity index (χ3n) is 3.48. The molecule has 2 aromatic rings. The van der Waals surface area contributed by atoms with E-state index >= 15 is 0 Å². The Morgan fingerprint density at radius 1 is 1.23 bits per heavy atom. The van der Waals surface area contributed by atoms with Crippen molar-refractivity contribution in [3.05, 3.63) is 58.0 Å². The number of nitrogens with one attached hydrogen (secondary N) is 1. The summed E-state index contributed by atoms with van der Waals surface area (Å²) in [7, 11) is 1.59. The summed E-state index contributed by atoms with van der Waals surface area (Å²) in [6, 6.07) is 12.7. The number of nitrogens with zero attached hydrogens (tertiary/aromatic N) is 1. The zero-order valence-electron chi connectivity index (χ0n) is 14.3. The lowest BCUT2D eigenvalue weighted by atomic mass is 10.2. The van der Waals surface area contributed by atoms with Crippen LogP contribution in [0, 0.1) is 0 Å². The summed E-state index contributed by atoms with van der Waals surface area (Å²) in [5, 5.41) is 3.87. The van der Waals surface area contributed by atoms with Crippen LogP contribution in [0.4, 0.5) is 5.69 Å². The van der Waals surface area contributed by atoms with Gasteiger partial charge in [0.05, 0.1) is 24.3 Å². The van der Waals surface area contributed by atoms with Gasteiger partial charge < -0.3 is 14.8 Å². The van der Waals surface area contributed by atoms with Gasteiger partial charge in [-0.25, -0.2) is 4.99 Å². The van der Waals surface area contributed by atoms with Gasteiger partial charge in [-0.05, 0) is 60.7 Å². The first kappa shape index (κ1) is 18.4. The number of rotatable bonds is 5. The van der Waals surface area contributed by atoms with Gasteiger partial charge in [0.15, 0.2) is 16.7 Å². The molecule has 0 aliphatic carbocycles. The molecule has 0 spiro atoms. The molecule has 2 aromatic carbocycles. The molecule has 0 atom stereocenters. The molecule has 5 nitrogen and oxygen atoms in total.